The fraction of sp³-hybridized carbons (Fsp3) is 0.900. The topological polar surface area (TPSA) is 0 Å². The van der Waals surface area contributed by atoms with Crippen molar-refractivity contribution >= 4 is 0 Å². The number of rotatable bonds is 0. The summed E-state index contributed by atoms with van der Waals surface area (Å²) in [6.45, 7) is 7.80. The van der Waals surface area contributed by atoms with Crippen LogP contribution in [0.5, 0.6) is 0 Å². The summed E-state index contributed by atoms with van der Waals surface area (Å²) in [6.07, 6.45) is 16.0. The van der Waals surface area contributed by atoms with Crippen LogP contribution in [-0.4, -0.2) is 0 Å². The fourth-order valence-corrected chi connectivity index (χ4v) is 6.96. The predicted molar refractivity (Wildman–Crippen MR) is 85.5 cm³/mol. The maximum atomic E-state index is 2.70. The molecule has 0 nitrogen and oxygen atoms in total. The SMILES string of the molecule is CC1CCC2C3CC=C4CCCCC4(C)C3CCC12C. The molecule has 0 heteroatoms. The Labute approximate surface area is 125 Å². The van der Waals surface area contributed by atoms with E-state index < -0.39 is 0 Å². The zero-order valence-electron chi connectivity index (χ0n) is 13.8. The van der Waals surface area contributed by atoms with Gasteiger partial charge in [0.25, 0.3) is 0 Å². The van der Waals surface area contributed by atoms with E-state index in [1.54, 1.807) is 0 Å². The Balaban J connectivity index is 1.69. The van der Waals surface area contributed by atoms with Crippen LogP contribution in [0.1, 0.15) is 78.6 Å². The molecule has 0 aromatic heterocycles. The molecule has 0 amide bonds. The summed E-state index contributed by atoms with van der Waals surface area (Å²) in [5, 5.41) is 0. The molecule has 112 valence electrons. The molecule has 0 heterocycles. The standard InChI is InChI=1S/C20H32/c1-14-7-10-17-16-9-8-15-6-4-5-12-20(15,3)18(16)11-13-19(14,17)2/h8,14,16-18H,4-7,9-13H2,1-3H3. The summed E-state index contributed by atoms with van der Waals surface area (Å²) in [5.74, 6) is 4.04. The zero-order chi connectivity index (χ0) is 14.0. The van der Waals surface area contributed by atoms with Gasteiger partial charge in [-0.25, -0.2) is 0 Å². The first kappa shape index (κ1) is 13.4. The van der Waals surface area contributed by atoms with E-state index >= 15 is 0 Å². The quantitative estimate of drug-likeness (QED) is 0.476. The van der Waals surface area contributed by atoms with E-state index in [2.05, 4.69) is 26.8 Å². The molecule has 0 aromatic carbocycles. The van der Waals surface area contributed by atoms with Gasteiger partial charge < -0.3 is 0 Å². The lowest BCUT2D eigenvalue weighted by atomic mass is 9.47. The average molecular weight is 272 g/mol. The third-order valence-corrected chi connectivity index (χ3v) is 8.49. The molecule has 0 N–H and O–H groups in total. The lowest BCUT2D eigenvalue weighted by Gasteiger charge is -2.57. The molecule has 0 aliphatic heterocycles. The van der Waals surface area contributed by atoms with E-state index in [4.69, 9.17) is 0 Å². The Morgan fingerprint density at radius 3 is 2.70 bits per heavy atom. The van der Waals surface area contributed by atoms with Crippen molar-refractivity contribution in [3.8, 4) is 0 Å². The van der Waals surface area contributed by atoms with Crippen LogP contribution in [0.25, 0.3) is 0 Å². The van der Waals surface area contributed by atoms with Gasteiger partial charge in [0.2, 0.25) is 0 Å². The van der Waals surface area contributed by atoms with Crippen LogP contribution in [0, 0.1) is 34.5 Å². The molecule has 0 radical (unpaired) electrons. The summed E-state index contributed by atoms with van der Waals surface area (Å²) >= 11 is 0. The molecule has 4 rings (SSSR count). The van der Waals surface area contributed by atoms with Crippen molar-refractivity contribution in [2.24, 2.45) is 34.5 Å². The normalized spacial score (nSPS) is 54.6. The van der Waals surface area contributed by atoms with Crippen molar-refractivity contribution in [1.82, 2.24) is 0 Å². The van der Waals surface area contributed by atoms with E-state index in [1.165, 1.54) is 57.8 Å². The third kappa shape index (κ3) is 1.60. The zero-order valence-corrected chi connectivity index (χ0v) is 13.8. The van der Waals surface area contributed by atoms with Crippen LogP contribution in [0.2, 0.25) is 0 Å². The molecule has 4 aliphatic rings. The van der Waals surface area contributed by atoms with E-state index in [9.17, 15) is 0 Å². The molecule has 6 atom stereocenters. The van der Waals surface area contributed by atoms with Crippen molar-refractivity contribution < 1.29 is 0 Å². The van der Waals surface area contributed by atoms with Crippen LogP contribution in [0.3, 0.4) is 0 Å². The van der Waals surface area contributed by atoms with Crippen LogP contribution in [0.4, 0.5) is 0 Å². The fourth-order valence-electron chi connectivity index (χ4n) is 6.96. The molecule has 3 saturated carbocycles. The van der Waals surface area contributed by atoms with Crippen molar-refractivity contribution in [2.45, 2.75) is 78.6 Å². The first-order valence-corrected chi connectivity index (χ1v) is 9.25. The molecule has 0 bridgehead atoms. The van der Waals surface area contributed by atoms with Gasteiger partial charge in [0, 0.05) is 0 Å². The van der Waals surface area contributed by atoms with Gasteiger partial charge in [0.1, 0.15) is 0 Å². The van der Waals surface area contributed by atoms with Gasteiger partial charge in [0.15, 0.2) is 0 Å². The van der Waals surface area contributed by atoms with E-state index in [0.717, 1.165) is 23.7 Å². The maximum absolute atomic E-state index is 2.70. The van der Waals surface area contributed by atoms with Crippen molar-refractivity contribution in [3.05, 3.63) is 11.6 Å². The number of allylic oxidation sites excluding steroid dienone is 2. The van der Waals surface area contributed by atoms with E-state index in [-0.39, 0.29) is 0 Å². The Bertz CT molecular complexity index is 433. The maximum Gasteiger partial charge on any atom is -0.00853 e. The van der Waals surface area contributed by atoms with Crippen LogP contribution < -0.4 is 0 Å². The molecule has 6 unspecified atom stereocenters. The highest BCUT2D eigenvalue weighted by molar-refractivity contribution is 5.24. The lowest BCUT2D eigenvalue weighted by Crippen LogP contribution is -2.49. The van der Waals surface area contributed by atoms with Gasteiger partial charge in [-0.1, -0.05) is 38.8 Å². The smallest absolute Gasteiger partial charge is 0.00853 e. The minimum absolute atomic E-state index is 0.592. The number of hydrogen-bond acceptors (Lipinski definition) is 0. The van der Waals surface area contributed by atoms with Gasteiger partial charge in [-0.2, -0.15) is 0 Å². The highest BCUT2D eigenvalue weighted by Gasteiger charge is 2.57. The Morgan fingerprint density at radius 2 is 1.85 bits per heavy atom. The number of fused-ring (bicyclic) bond motifs is 5. The monoisotopic (exact) mass is 272 g/mol. The third-order valence-electron chi connectivity index (χ3n) is 8.49. The predicted octanol–water partition coefficient (Wildman–Crippen LogP) is 5.98. The Morgan fingerprint density at radius 1 is 1.00 bits per heavy atom. The summed E-state index contributed by atoms with van der Waals surface area (Å²) in [5.41, 5.74) is 3.13. The van der Waals surface area contributed by atoms with Crippen LogP contribution in [-0.2, 0) is 0 Å². The molecule has 4 aliphatic carbocycles. The van der Waals surface area contributed by atoms with Crippen molar-refractivity contribution in [1.29, 1.82) is 0 Å². The second kappa shape index (κ2) is 4.37. The highest BCUT2D eigenvalue weighted by Crippen LogP contribution is 2.66. The van der Waals surface area contributed by atoms with Gasteiger partial charge in [-0.3, -0.25) is 0 Å². The second-order valence-electron chi connectivity index (χ2n) is 8.99. The van der Waals surface area contributed by atoms with Gasteiger partial charge in [-0.05, 0) is 85.9 Å². The Hall–Kier alpha value is -0.260. The minimum Gasteiger partial charge on any atom is -0.0845 e. The lowest BCUT2D eigenvalue weighted by molar-refractivity contribution is -0.0384. The average Bonchev–Trinajstić information content (AvgIpc) is 2.74. The molecule has 0 spiro atoms. The van der Waals surface area contributed by atoms with Crippen LogP contribution >= 0.6 is 0 Å². The molecule has 20 heavy (non-hydrogen) atoms. The van der Waals surface area contributed by atoms with Gasteiger partial charge in [0.05, 0.1) is 0 Å². The summed E-state index contributed by atoms with van der Waals surface area (Å²) < 4.78 is 0. The first-order valence-electron chi connectivity index (χ1n) is 9.25. The van der Waals surface area contributed by atoms with Gasteiger partial charge >= 0.3 is 0 Å². The van der Waals surface area contributed by atoms with E-state index in [0.29, 0.717) is 10.8 Å². The molecule has 3 fully saturated rings. The largest absolute Gasteiger partial charge is 0.0845 e. The summed E-state index contributed by atoms with van der Waals surface area (Å²) in [6, 6.07) is 0. The van der Waals surface area contributed by atoms with Gasteiger partial charge in [-0.15, -0.1) is 0 Å². The molecular formula is C20H32. The first-order chi connectivity index (χ1) is 9.56. The number of hydrogen-bond donors (Lipinski definition) is 0. The summed E-state index contributed by atoms with van der Waals surface area (Å²) in [7, 11) is 0. The molecular weight excluding hydrogens is 240 g/mol. The molecule has 0 saturated heterocycles. The van der Waals surface area contributed by atoms with Crippen LogP contribution in [0.15, 0.2) is 11.6 Å². The minimum atomic E-state index is 0.592. The second-order valence-corrected chi connectivity index (χ2v) is 8.99. The highest BCUT2D eigenvalue weighted by atomic mass is 14.6. The summed E-state index contributed by atoms with van der Waals surface area (Å²) in [4.78, 5) is 0. The van der Waals surface area contributed by atoms with Crippen molar-refractivity contribution in [2.75, 3.05) is 0 Å². The Kier molecular flexibility index (Phi) is 2.93. The van der Waals surface area contributed by atoms with Crippen molar-refractivity contribution in [3.63, 3.8) is 0 Å². The molecule has 0 aromatic rings. The van der Waals surface area contributed by atoms with E-state index in [1.807, 2.05) is 5.57 Å².